The number of thiazole rings is 1. The molecule has 2 aromatic carbocycles. The van der Waals surface area contributed by atoms with Gasteiger partial charge in [0.15, 0.2) is 5.13 Å². The molecule has 12 heteroatoms. The Bertz CT molecular complexity index is 1750. The fourth-order valence-corrected chi connectivity index (χ4v) is 5.58. The highest BCUT2D eigenvalue weighted by molar-refractivity contribution is 7.21. The molecular weight excluding hydrogens is 510 g/mol. The van der Waals surface area contributed by atoms with Crippen molar-refractivity contribution >= 4 is 61.1 Å². The molecule has 37 heavy (non-hydrogen) atoms. The maximum atomic E-state index is 13.2. The van der Waals surface area contributed by atoms with Gasteiger partial charge in [0.05, 0.1) is 16.3 Å². The minimum atomic E-state index is -0.493. The van der Waals surface area contributed by atoms with E-state index in [1.165, 1.54) is 23.5 Å². The molecule has 3 heterocycles. The third-order valence-electron chi connectivity index (χ3n) is 5.64. The minimum absolute atomic E-state index is 0.0537. The number of nitro benzene ring substituents is 1. The van der Waals surface area contributed by atoms with E-state index in [9.17, 15) is 20.2 Å². The van der Waals surface area contributed by atoms with Gasteiger partial charge in [0.25, 0.3) is 11.6 Å². The molecule has 0 saturated heterocycles. The largest absolute Gasteiger partial charge is 0.397 e. The third kappa shape index (κ3) is 4.33. The zero-order valence-electron chi connectivity index (χ0n) is 19.2. The zero-order valence-corrected chi connectivity index (χ0v) is 20.8. The summed E-state index contributed by atoms with van der Waals surface area (Å²) in [4.78, 5) is 33.2. The van der Waals surface area contributed by atoms with Gasteiger partial charge in [-0.05, 0) is 12.5 Å². The van der Waals surface area contributed by atoms with E-state index in [0.717, 1.165) is 22.5 Å². The summed E-state index contributed by atoms with van der Waals surface area (Å²) in [7, 11) is 0. The number of aryl methyl sites for hydroxylation is 1. The number of rotatable bonds is 5. The number of thiophene rings is 1. The highest BCUT2D eigenvalue weighted by Gasteiger charge is 2.25. The Hall–Kier alpha value is -4.86. The van der Waals surface area contributed by atoms with Crippen molar-refractivity contribution in [3.05, 3.63) is 80.0 Å². The smallest absolute Gasteiger partial charge is 0.270 e. The van der Waals surface area contributed by atoms with Crippen LogP contribution in [0.4, 0.5) is 22.3 Å². The van der Waals surface area contributed by atoms with E-state index < -0.39 is 10.8 Å². The standard InChI is InChI=1S/C25H17N7O3S2/c1-12-5-7-13(8-6-12)18-16(10-26)22(28)30-24-19(18)20(27)21(37-24)23(33)31-25-29-17(11-36-25)14-3-2-4-15(9-14)32(34)35/h2-9,11H,27H2,1H3,(H2,28,30)(H,29,31,33). The van der Waals surface area contributed by atoms with E-state index in [-0.39, 0.29) is 27.6 Å². The number of aromatic nitrogens is 2. The molecule has 0 saturated carbocycles. The fourth-order valence-electron chi connectivity index (χ4n) is 3.86. The Balaban J connectivity index is 1.52. The first-order valence-electron chi connectivity index (χ1n) is 10.8. The van der Waals surface area contributed by atoms with Crippen LogP contribution < -0.4 is 16.8 Å². The van der Waals surface area contributed by atoms with Crippen LogP contribution in [0, 0.1) is 28.4 Å². The number of carbonyl (C=O) groups excluding carboxylic acids is 1. The Morgan fingerprint density at radius 2 is 1.89 bits per heavy atom. The number of nitro groups is 1. The first-order valence-corrected chi connectivity index (χ1v) is 12.5. The van der Waals surface area contributed by atoms with Crippen molar-refractivity contribution in [1.82, 2.24) is 9.97 Å². The van der Waals surface area contributed by atoms with Gasteiger partial charge in [-0.15, -0.1) is 22.7 Å². The van der Waals surface area contributed by atoms with E-state index in [0.29, 0.717) is 32.2 Å². The number of carbonyl (C=O) groups is 1. The van der Waals surface area contributed by atoms with Gasteiger partial charge < -0.3 is 11.5 Å². The lowest BCUT2D eigenvalue weighted by Crippen LogP contribution is -2.11. The molecule has 0 spiro atoms. The first kappa shape index (κ1) is 23.9. The Morgan fingerprint density at radius 3 is 2.59 bits per heavy atom. The van der Waals surface area contributed by atoms with E-state index >= 15 is 0 Å². The molecule has 0 bridgehead atoms. The molecule has 5 N–H and O–H groups in total. The average Bonchev–Trinajstić information content (AvgIpc) is 3.48. The molecule has 0 fully saturated rings. The number of nitrogen functional groups attached to an aromatic ring is 2. The van der Waals surface area contributed by atoms with Crippen LogP contribution in [0.5, 0.6) is 0 Å². The van der Waals surface area contributed by atoms with Crippen molar-refractivity contribution in [3.63, 3.8) is 0 Å². The van der Waals surface area contributed by atoms with Gasteiger partial charge in [0.2, 0.25) is 0 Å². The summed E-state index contributed by atoms with van der Waals surface area (Å²) in [6.45, 7) is 1.95. The molecule has 0 aliphatic heterocycles. The number of anilines is 3. The summed E-state index contributed by atoms with van der Waals surface area (Å²) in [6.07, 6.45) is 0. The molecule has 0 aliphatic carbocycles. The number of nitrogens with two attached hydrogens (primary N) is 2. The van der Waals surface area contributed by atoms with Crippen LogP contribution in [0.15, 0.2) is 53.9 Å². The average molecular weight is 528 g/mol. The SMILES string of the molecule is Cc1ccc(-c2c(C#N)c(N)nc3sc(C(=O)Nc4nc(-c5cccc([N+](=O)[O-])c5)cs4)c(N)c23)cc1. The fraction of sp³-hybridized carbons (Fsp3) is 0.0400. The molecule has 3 aromatic heterocycles. The molecule has 10 nitrogen and oxygen atoms in total. The molecule has 0 aliphatic rings. The van der Waals surface area contributed by atoms with Crippen LogP contribution in [-0.4, -0.2) is 20.8 Å². The van der Waals surface area contributed by atoms with Crippen molar-refractivity contribution in [2.24, 2.45) is 0 Å². The number of amides is 1. The molecule has 5 aromatic rings. The highest BCUT2D eigenvalue weighted by Crippen LogP contribution is 2.43. The number of nitrogens with zero attached hydrogens (tertiary/aromatic N) is 4. The number of pyridine rings is 1. The summed E-state index contributed by atoms with van der Waals surface area (Å²) < 4.78 is 0. The van der Waals surface area contributed by atoms with E-state index in [1.54, 1.807) is 17.5 Å². The van der Waals surface area contributed by atoms with Crippen LogP contribution >= 0.6 is 22.7 Å². The van der Waals surface area contributed by atoms with Crippen molar-refractivity contribution in [2.45, 2.75) is 6.92 Å². The third-order valence-corrected chi connectivity index (χ3v) is 7.50. The molecule has 1 amide bonds. The van der Waals surface area contributed by atoms with Gasteiger partial charge in [-0.25, -0.2) is 9.97 Å². The molecule has 5 rings (SSSR count). The summed E-state index contributed by atoms with van der Waals surface area (Å²) >= 11 is 2.25. The van der Waals surface area contributed by atoms with E-state index in [1.807, 2.05) is 31.2 Å². The summed E-state index contributed by atoms with van der Waals surface area (Å²) in [5.74, 6) is -0.437. The topological polar surface area (TPSA) is 174 Å². The number of fused-ring (bicyclic) bond motifs is 1. The van der Waals surface area contributed by atoms with E-state index in [4.69, 9.17) is 11.5 Å². The van der Waals surface area contributed by atoms with Gasteiger partial charge in [-0.3, -0.25) is 20.2 Å². The van der Waals surface area contributed by atoms with Gasteiger partial charge >= 0.3 is 0 Å². The van der Waals surface area contributed by atoms with Crippen LogP contribution in [0.25, 0.3) is 32.6 Å². The van der Waals surface area contributed by atoms with Crippen molar-refractivity contribution in [3.8, 4) is 28.5 Å². The Labute approximate surface area is 218 Å². The highest BCUT2D eigenvalue weighted by atomic mass is 32.1. The normalized spacial score (nSPS) is 10.8. The maximum Gasteiger partial charge on any atom is 0.270 e. The summed E-state index contributed by atoms with van der Waals surface area (Å²) in [6, 6.07) is 15.8. The second-order valence-corrected chi connectivity index (χ2v) is 9.91. The second kappa shape index (κ2) is 9.30. The van der Waals surface area contributed by atoms with Gasteiger partial charge in [-0.2, -0.15) is 5.26 Å². The molecule has 0 atom stereocenters. The number of hydrogen-bond donors (Lipinski definition) is 3. The van der Waals surface area contributed by atoms with Crippen molar-refractivity contribution in [2.75, 3.05) is 16.8 Å². The zero-order chi connectivity index (χ0) is 26.3. The number of benzene rings is 2. The number of nitriles is 1. The summed E-state index contributed by atoms with van der Waals surface area (Å²) in [5.41, 5.74) is 16.2. The summed E-state index contributed by atoms with van der Waals surface area (Å²) in [5, 5.41) is 26.1. The number of nitrogens with one attached hydrogen (secondary N) is 1. The maximum absolute atomic E-state index is 13.2. The number of non-ortho nitro benzene ring substituents is 1. The van der Waals surface area contributed by atoms with E-state index in [2.05, 4.69) is 21.4 Å². The quantitative estimate of drug-likeness (QED) is 0.196. The Kier molecular flexibility index (Phi) is 6.00. The minimum Gasteiger partial charge on any atom is -0.397 e. The number of hydrogen-bond acceptors (Lipinski definition) is 10. The van der Waals surface area contributed by atoms with Crippen molar-refractivity contribution in [1.29, 1.82) is 5.26 Å². The predicted molar refractivity (Wildman–Crippen MR) is 145 cm³/mol. The van der Waals surface area contributed by atoms with Gasteiger partial charge in [0.1, 0.15) is 27.2 Å². The first-order chi connectivity index (χ1) is 17.8. The molecular formula is C25H17N7O3S2. The predicted octanol–water partition coefficient (Wildman–Crippen LogP) is 5.59. The molecule has 0 radical (unpaired) electrons. The lowest BCUT2D eigenvalue weighted by atomic mass is 9.96. The molecule has 182 valence electrons. The van der Waals surface area contributed by atoms with Gasteiger partial charge in [-0.1, -0.05) is 42.0 Å². The second-order valence-electron chi connectivity index (χ2n) is 8.05. The van der Waals surface area contributed by atoms with Crippen molar-refractivity contribution < 1.29 is 9.72 Å². The lowest BCUT2D eigenvalue weighted by Gasteiger charge is -2.10. The molecule has 0 unspecified atom stereocenters. The lowest BCUT2D eigenvalue weighted by molar-refractivity contribution is -0.384. The Morgan fingerprint density at radius 1 is 1.14 bits per heavy atom. The monoisotopic (exact) mass is 527 g/mol. The van der Waals surface area contributed by atoms with Crippen LogP contribution in [0.2, 0.25) is 0 Å². The van der Waals surface area contributed by atoms with Gasteiger partial charge in [0, 0.05) is 34.0 Å². The van der Waals surface area contributed by atoms with Crippen LogP contribution in [-0.2, 0) is 0 Å². The van der Waals surface area contributed by atoms with Crippen LogP contribution in [0.1, 0.15) is 20.8 Å². The van der Waals surface area contributed by atoms with Crippen LogP contribution in [0.3, 0.4) is 0 Å².